The van der Waals surface area contributed by atoms with Crippen LogP contribution >= 0.6 is 0 Å². The number of hydrogen-bond donors (Lipinski definition) is 3. The van der Waals surface area contributed by atoms with Crippen LogP contribution in [0.25, 0.3) is 0 Å². The number of rotatable bonds is 5. The third kappa shape index (κ3) is 2.56. The Morgan fingerprint density at radius 3 is 2.72 bits per heavy atom. The van der Waals surface area contributed by atoms with E-state index in [1.165, 1.54) is 6.33 Å². The van der Waals surface area contributed by atoms with Crippen molar-refractivity contribution in [2.24, 2.45) is 0 Å². The lowest BCUT2D eigenvalue weighted by Gasteiger charge is -2.29. The van der Waals surface area contributed by atoms with Crippen LogP contribution < -0.4 is 11.1 Å². The van der Waals surface area contributed by atoms with Gasteiger partial charge in [0.15, 0.2) is 0 Å². The zero-order chi connectivity index (χ0) is 13.0. The highest BCUT2D eigenvalue weighted by Crippen LogP contribution is 2.33. The van der Waals surface area contributed by atoms with Crippen LogP contribution in [-0.2, 0) is 6.42 Å². The summed E-state index contributed by atoms with van der Waals surface area (Å²) in [7, 11) is 0. The lowest BCUT2D eigenvalue weighted by Crippen LogP contribution is -2.39. The highest BCUT2D eigenvalue weighted by Gasteiger charge is 2.34. The molecule has 4 N–H and O–H groups in total. The van der Waals surface area contributed by atoms with Crippen LogP contribution in [0.15, 0.2) is 6.33 Å². The van der Waals surface area contributed by atoms with Gasteiger partial charge in [-0.2, -0.15) is 0 Å². The monoisotopic (exact) mass is 250 g/mol. The Kier molecular flexibility index (Phi) is 4.01. The van der Waals surface area contributed by atoms with Crippen molar-refractivity contribution in [2.75, 3.05) is 17.7 Å². The number of nitrogens with two attached hydrogens (primary N) is 1. The summed E-state index contributed by atoms with van der Waals surface area (Å²) in [4.78, 5) is 8.35. The van der Waals surface area contributed by atoms with Crippen molar-refractivity contribution >= 4 is 11.6 Å². The topological polar surface area (TPSA) is 84.1 Å². The lowest BCUT2D eigenvalue weighted by atomic mass is 9.98. The predicted molar refractivity (Wildman–Crippen MR) is 72.3 cm³/mol. The van der Waals surface area contributed by atoms with Gasteiger partial charge in [-0.1, -0.05) is 26.2 Å². The van der Waals surface area contributed by atoms with Gasteiger partial charge in [-0.25, -0.2) is 9.97 Å². The molecule has 1 saturated carbocycles. The smallest absolute Gasteiger partial charge is 0.135 e. The maximum atomic E-state index is 9.63. The molecular formula is C13H22N4O. The second-order valence-electron chi connectivity index (χ2n) is 5.11. The zero-order valence-corrected chi connectivity index (χ0v) is 10.9. The molecule has 1 aliphatic rings. The molecule has 18 heavy (non-hydrogen) atoms. The Hall–Kier alpha value is -1.36. The fourth-order valence-corrected chi connectivity index (χ4v) is 2.66. The van der Waals surface area contributed by atoms with Gasteiger partial charge in [0.1, 0.15) is 18.0 Å². The highest BCUT2D eigenvalue weighted by atomic mass is 16.3. The van der Waals surface area contributed by atoms with Gasteiger partial charge in [0.05, 0.1) is 12.1 Å². The molecule has 5 nitrogen and oxygen atoms in total. The minimum absolute atomic E-state index is 0.141. The van der Waals surface area contributed by atoms with E-state index in [2.05, 4.69) is 22.2 Å². The average molecular weight is 250 g/mol. The number of aliphatic hydroxyl groups is 1. The molecule has 0 unspecified atom stereocenters. The summed E-state index contributed by atoms with van der Waals surface area (Å²) in [6.07, 6.45) is 7.61. The van der Waals surface area contributed by atoms with Crippen LogP contribution in [0.4, 0.5) is 11.6 Å². The van der Waals surface area contributed by atoms with Crippen LogP contribution in [0.2, 0.25) is 0 Å². The first kappa shape index (κ1) is 13.1. The number of anilines is 2. The van der Waals surface area contributed by atoms with E-state index >= 15 is 0 Å². The predicted octanol–water partition coefficient (Wildman–Crippen LogP) is 1.73. The van der Waals surface area contributed by atoms with Crippen LogP contribution in [-0.4, -0.2) is 27.2 Å². The van der Waals surface area contributed by atoms with Gasteiger partial charge in [0.25, 0.3) is 0 Å². The summed E-state index contributed by atoms with van der Waals surface area (Å²) in [5.74, 6) is 1.33. The molecule has 0 atom stereocenters. The van der Waals surface area contributed by atoms with Crippen molar-refractivity contribution in [2.45, 2.75) is 51.0 Å². The molecule has 1 fully saturated rings. The van der Waals surface area contributed by atoms with Crippen LogP contribution in [0.3, 0.4) is 0 Å². The second-order valence-corrected chi connectivity index (χ2v) is 5.11. The molecule has 2 rings (SSSR count). The number of nitrogen functional groups attached to an aromatic ring is 1. The molecule has 0 amide bonds. The molecule has 1 aromatic heterocycles. The van der Waals surface area contributed by atoms with Crippen LogP contribution in [0.1, 0.15) is 44.6 Å². The second kappa shape index (κ2) is 5.52. The summed E-state index contributed by atoms with van der Waals surface area (Å²) >= 11 is 0. The summed E-state index contributed by atoms with van der Waals surface area (Å²) in [5.41, 5.74) is 6.67. The maximum Gasteiger partial charge on any atom is 0.135 e. The molecule has 0 aromatic carbocycles. The van der Waals surface area contributed by atoms with E-state index in [0.29, 0.717) is 5.82 Å². The highest BCUT2D eigenvalue weighted by molar-refractivity contribution is 5.56. The molecule has 1 aliphatic carbocycles. The minimum atomic E-state index is -0.219. The number of aliphatic hydroxyl groups excluding tert-OH is 1. The van der Waals surface area contributed by atoms with Crippen molar-refractivity contribution in [3.63, 3.8) is 0 Å². The van der Waals surface area contributed by atoms with Crippen molar-refractivity contribution in [3.8, 4) is 0 Å². The van der Waals surface area contributed by atoms with Gasteiger partial charge < -0.3 is 16.2 Å². The molecule has 0 aliphatic heterocycles. The molecule has 0 spiro atoms. The Morgan fingerprint density at radius 1 is 1.39 bits per heavy atom. The lowest BCUT2D eigenvalue weighted by molar-refractivity contribution is 0.213. The van der Waals surface area contributed by atoms with Gasteiger partial charge >= 0.3 is 0 Å². The van der Waals surface area contributed by atoms with E-state index in [-0.39, 0.29) is 12.1 Å². The van der Waals surface area contributed by atoms with Gasteiger partial charge in [-0.05, 0) is 19.3 Å². The van der Waals surface area contributed by atoms with Gasteiger partial charge in [-0.3, -0.25) is 0 Å². The SMILES string of the molecule is CCCc1c(N)ncnc1NC1(CO)CCCC1. The van der Waals surface area contributed by atoms with E-state index in [1.54, 1.807) is 0 Å². The van der Waals surface area contributed by atoms with E-state index in [4.69, 9.17) is 5.73 Å². The largest absolute Gasteiger partial charge is 0.394 e. The first-order valence-electron chi connectivity index (χ1n) is 6.69. The molecule has 0 bridgehead atoms. The Morgan fingerprint density at radius 2 is 2.11 bits per heavy atom. The summed E-state index contributed by atoms with van der Waals surface area (Å²) < 4.78 is 0. The molecule has 0 radical (unpaired) electrons. The van der Waals surface area contributed by atoms with E-state index < -0.39 is 0 Å². The summed E-state index contributed by atoms with van der Waals surface area (Å²) in [6.45, 7) is 2.25. The third-order valence-electron chi connectivity index (χ3n) is 3.73. The van der Waals surface area contributed by atoms with E-state index in [9.17, 15) is 5.11 Å². The maximum absolute atomic E-state index is 9.63. The zero-order valence-electron chi connectivity index (χ0n) is 10.9. The van der Waals surface area contributed by atoms with Crippen LogP contribution in [0.5, 0.6) is 0 Å². The Labute approximate surface area is 108 Å². The quantitative estimate of drug-likeness (QED) is 0.741. The molecule has 1 aromatic rings. The van der Waals surface area contributed by atoms with E-state index in [0.717, 1.165) is 49.9 Å². The first-order chi connectivity index (χ1) is 8.71. The van der Waals surface area contributed by atoms with Gasteiger partial charge in [0, 0.05) is 5.56 Å². The number of nitrogens with zero attached hydrogens (tertiary/aromatic N) is 2. The third-order valence-corrected chi connectivity index (χ3v) is 3.73. The standard InChI is InChI=1S/C13H22N4O/c1-2-5-10-11(14)15-9-16-12(10)17-13(8-18)6-3-4-7-13/h9,18H,2-8H2,1H3,(H3,14,15,16,17). The fraction of sp³-hybridized carbons (Fsp3) is 0.692. The van der Waals surface area contributed by atoms with Crippen molar-refractivity contribution < 1.29 is 5.11 Å². The Balaban J connectivity index is 2.24. The number of nitrogens with one attached hydrogen (secondary N) is 1. The fourth-order valence-electron chi connectivity index (χ4n) is 2.66. The van der Waals surface area contributed by atoms with Crippen molar-refractivity contribution in [1.82, 2.24) is 9.97 Å². The molecule has 100 valence electrons. The average Bonchev–Trinajstić information content (AvgIpc) is 2.83. The first-order valence-corrected chi connectivity index (χ1v) is 6.69. The van der Waals surface area contributed by atoms with Crippen LogP contribution in [0, 0.1) is 0 Å². The Bertz CT molecular complexity index is 402. The molecular weight excluding hydrogens is 228 g/mol. The summed E-state index contributed by atoms with van der Waals surface area (Å²) in [6, 6.07) is 0. The van der Waals surface area contributed by atoms with Crippen molar-refractivity contribution in [1.29, 1.82) is 0 Å². The molecule has 0 saturated heterocycles. The molecule has 5 heteroatoms. The van der Waals surface area contributed by atoms with E-state index in [1.807, 2.05) is 0 Å². The van der Waals surface area contributed by atoms with Gasteiger partial charge in [0.2, 0.25) is 0 Å². The molecule has 1 heterocycles. The van der Waals surface area contributed by atoms with Gasteiger partial charge in [-0.15, -0.1) is 0 Å². The van der Waals surface area contributed by atoms with Crippen molar-refractivity contribution in [3.05, 3.63) is 11.9 Å². The normalized spacial score (nSPS) is 17.9. The number of aromatic nitrogens is 2. The minimum Gasteiger partial charge on any atom is -0.394 e. The number of hydrogen-bond acceptors (Lipinski definition) is 5. The summed E-state index contributed by atoms with van der Waals surface area (Å²) in [5, 5.41) is 13.0.